The maximum Gasteiger partial charge on any atom is 0.0669 e. The summed E-state index contributed by atoms with van der Waals surface area (Å²) in [6.45, 7) is 0. The SMILES string of the molecule is N#CCc1ccc2c(c1)CCS2. The highest BCUT2D eigenvalue weighted by Gasteiger charge is 2.10. The maximum atomic E-state index is 8.51. The van der Waals surface area contributed by atoms with Gasteiger partial charge in [-0.25, -0.2) is 0 Å². The van der Waals surface area contributed by atoms with Crippen LogP contribution in [0.2, 0.25) is 0 Å². The summed E-state index contributed by atoms with van der Waals surface area (Å²) in [4.78, 5) is 1.40. The average molecular weight is 175 g/mol. The van der Waals surface area contributed by atoms with Crippen LogP contribution in [0.3, 0.4) is 0 Å². The van der Waals surface area contributed by atoms with Crippen LogP contribution < -0.4 is 0 Å². The Labute approximate surface area is 76.4 Å². The molecule has 2 heteroatoms. The van der Waals surface area contributed by atoms with Gasteiger partial charge in [0.05, 0.1) is 12.5 Å². The van der Waals surface area contributed by atoms with Gasteiger partial charge in [-0.05, 0) is 23.6 Å². The normalized spacial score (nSPS) is 13.9. The summed E-state index contributed by atoms with van der Waals surface area (Å²) in [5.41, 5.74) is 2.58. The molecule has 0 amide bonds. The second-order valence-electron chi connectivity index (χ2n) is 2.88. The molecule has 0 unspecified atom stereocenters. The van der Waals surface area contributed by atoms with Gasteiger partial charge < -0.3 is 0 Å². The van der Waals surface area contributed by atoms with Crippen LogP contribution in [0.5, 0.6) is 0 Å². The molecule has 12 heavy (non-hydrogen) atoms. The molecule has 0 bridgehead atoms. The number of benzene rings is 1. The highest BCUT2D eigenvalue weighted by molar-refractivity contribution is 7.99. The molecule has 0 N–H and O–H groups in total. The van der Waals surface area contributed by atoms with Gasteiger partial charge in [0.25, 0.3) is 0 Å². The standard InChI is InChI=1S/C10H9NS/c11-5-3-8-1-2-10-9(7-8)4-6-12-10/h1-2,7H,3-4,6H2. The van der Waals surface area contributed by atoms with Crippen molar-refractivity contribution in [3.05, 3.63) is 29.3 Å². The quantitative estimate of drug-likeness (QED) is 0.654. The second kappa shape index (κ2) is 3.20. The summed E-state index contributed by atoms with van der Waals surface area (Å²) in [5.74, 6) is 1.20. The molecule has 0 radical (unpaired) electrons. The minimum atomic E-state index is 0.540. The zero-order valence-corrected chi connectivity index (χ0v) is 7.53. The molecule has 0 aromatic heterocycles. The Morgan fingerprint density at radius 3 is 3.25 bits per heavy atom. The Hall–Kier alpha value is -0.940. The van der Waals surface area contributed by atoms with Crippen LogP contribution in [0.15, 0.2) is 23.1 Å². The zero-order chi connectivity index (χ0) is 8.39. The van der Waals surface area contributed by atoms with Gasteiger partial charge >= 0.3 is 0 Å². The van der Waals surface area contributed by atoms with Gasteiger partial charge in [0.1, 0.15) is 0 Å². The Morgan fingerprint density at radius 2 is 2.42 bits per heavy atom. The van der Waals surface area contributed by atoms with Gasteiger partial charge in [0.2, 0.25) is 0 Å². The van der Waals surface area contributed by atoms with Gasteiger partial charge in [-0.2, -0.15) is 5.26 Å². The smallest absolute Gasteiger partial charge is 0.0669 e. The molecule has 0 saturated carbocycles. The lowest BCUT2D eigenvalue weighted by molar-refractivity contribution is 1.12. The van der Waals surface area contributed by atoms with Crippen LogP contribution in [0.25, 0.3) is 0 Å². The van der Waals surface area contributed by atoms with Crippen molar-refractivity contribution in [2.24, 2.45) is 0 Å². The van der Waals surface area contributed by atoms with Crippen LogP contribution in [0.1, 0.15) is 11.1 Å². The van der Waals surface area contributed by atoms with Crippen molar-refractivity contribution in [3.8, 4) is 6.07 Å². The Morgan fingerprint density at radius 1 is 1.50 bits per heavy atom. The van der Waals surface area contributed by atoms with Crippen molar-refractivity contribution >= 4 is 11.8 Å². The molecule has 1 nitrogen and oxygen atoms in total. The lowest BCUT2D eigenvalue weighted by Gasteiger charge is -1.99. The first-order chi connectivity index (χ1) is 5.90. The summed E-state index contributed by atoms with van der Waals surface area (Å²) >= 11 is 1.91. The number of nitrogens with zero attached hydrogens (tertiary/aromatic N) is 1. The third-order valence-corrected chi connectivity index (χ3v) is 3.15. The largest absolute Gasteiger partial charge is 0.198 e. The fourth-order valence-corrected chi connectivity index (χ4v) is 2.49. The highest BCUT2D eigenvalue weighted by Crippen LogP contribution is 2.31. The van der Waals surface area contributed by atoms with E-state index in [1.807, 2.05) is 11.8 Å². The third kappa shape index (κ3) is 1.33. The molecule has 0 atom stereocenters. The predicted molar refractivity (Wildman–Crippen MR) is 50.2 cm³/mol. The number of aryl methyl sites for hydroxylation is 1. The number of hydrogen-bond donors (Lipinski definition) is 0. The summed E-state index contributed by atoms with van der Waals surface area (Å²) in [6.07, 6.45) is 1.71. The minimum Gasteiger partial charge on any atom is -0.198 e. The van der Waals surface area contributed by atoms with E-state index in [4.69, 9.17) is 5.26 Å². The molecule has 0 spiro atoms. The number of fused-ring (bicyclic) bond motifs is 1. The van der Waals surface area contributed by atoms with Gasteiger partial charge in [-0.15, -0.1) is 11.8 Å². The van der Waals surface area contributed by atoms with Gasteiger partial charge in [-0.3, -0.25) is 0 Å². The number of nitriles is 1. The van der Waals surface area contributed by atoms with Gasteiger partial charge in [0.15, 0.2) is 0 Å². The van der Waals surface area contributed by atoms with E-state index in [2.05, 4.69) is 24.3 Å². The summed E-state index contributed by atoms with van der Waals surface area (Å²) in [5, 5.41) is 8.51. The van der Waals surface area contributed by atoms with Crippen LogP contribution >= 0.6 is 11.8 Å². The molecule has 1 aliphatic heterocycles. The Kier molecular flexibility index (Phi) is 2.05. The fourth-order valence-electron chi connectivity index (χ4n) is 1.44. The topological polar surface area (TPSA) is 23.8 Å². The summed E-state index contributed by atoms with van der Waals surface area (Å²) < 4.78 is 0. The fraction of sp³-hybridized carbons (Fsp3) is 0.300. The molecule has 1 aromatic rings. The van der Waals surface area contributed by atoms with E-state index in [1.54, 1.807) is 0 Å². The monoisotopic (exact) mass is 175 g/mol. The predicted octanol–water partition coefficient (Wildman–Crippen LogP) is 2.40. The first kappa shape index (κ1) is 7.70. The van der Waals surface area contributed by atoms with E-state index in [-0.39, 0.29) is 0 Å². The first-order valence-electron chi connectivity index (χ1n) is 4.02. The van der Waals surface area contributed by atoms with E-state index in [0.29, 0.717) is 6.42 Å². The van der Waals surface area contributed by atoms with Crippen LogP contribution in [0.4, 0.5) is 0 Å². The Balaban J connectivity index is 2.34. The van der Waals surface area contributed by atoms with E-state index < -0.39 is 0 Å². The summed E-state index contributed by atoms with van der Waals surface area (Å²) in [7, 11) is 0. The van der Waals surface area contributed by atoms with Crippen molar-refractivity contribution in [1.29, 1.82) is 5.26 Å². The second-order valence-corrected chi connectivity index (χ2v) is 4.01. The van der Waals surface area contributed by atoms with Crippen LogP contribution in [-0.4, -0.2) is 5.75 Å². The van der Waals surface area contributed by atoms with E-state index >= 15 is 0 Å². The number of hydrogen-bond acceptors (Lipinski definition) is 2. The molecule has 0 saturated heterocycles. The zero-order valence-electron chi connectivity index (χ0n) is 6.71. The summed E-state index contributed by atoms with van der Waals surface area (Å²) in [6, 6.07) is 8.53. The average Bonchev–Trinajstić information content (AvgIpc) is 2.51. The van der Waals surface area contributed by atoms with Crippen molar-refractivity contribution in [3.63, 3.8) is 0 Å². The van der Waals surface area contributed by atoms with E-state index in [0.717, 1.165) is 5.56 Å². The van der Waals surface area contributed by atoms with Gasteiger partial charge in [0, 0.05) is 10.6 Å². The molecule has 1 heterocycles. The molecular formula is C10H9NS. The lowest BCUT2D eigenvalue weighted by Crippen LogP contribution is -1.85. The van der Waals surface area contributed by atoms with Gasteiger partial charge in [-0.1, -0.05) is 12.1 Å². The minimum absolute atomic E-state index is 0.540. The number of thioether (sulfide) groups is 1. The molecule has 2 rings (SSSR count). The van der Waals surface area contributed by atoms with Crippen molar-refractivity contribution in [2.45, 2.75) is 17.7 Å². The third-order valence-electron chi connectivity index (χ3n) is 2.04. The molecule has 1 aliphatic rings. The lowest BCUT2D eigenvalue weighted by atomic mass is 10.1. The molecule has 0 aliphatic carbocycles. The first-order valence-corrected chi connectivity index (χ1v) is 5.00. The molecule has 60 valence electrons. The highest BCUT2D eigenvalue weighted by atomic mass is 32.2. The molecule has 1 aromatic carbocycles. The van der Waals surface area contributed by atoms with E-state index in [1.165, 1.54) is 22.6 Å². The Bertz CT molecular complexity index is 338. The maximum absolute atomic E-state index is 8.51. The van der Waals surface area contributed by atoms with Crippen molar-refractivity contribution in [2.75, 3.05) is 5.75 Å². The molecular weight excluding hydrogens is 166 g/mol. The van der Waals surface area contributed by atoms with Crippen LogP contribution in [0, 0.1) is 11.3 Å². The van der Waals surface area contributed by atoms with Crippen molar-refractivity contribution < 1.29 is 0 Å². The van der Waals surface area contributed by atoms with Crippen LogP contribution in [-0.2, 0) is 12.8 Å². The van der Waals surface area contributed by atoms with E-state index in [9.17, 15) is 0 Å². The van der Waals surface area contributed by atoms with Crippen molar-refractivity contribution in [1.82, 2.24) is 0 Å². The molecule has 0 fully saturated rings. The number of rotatable bonds is 1.